The molecule has 2 nitrogen and oxygen atoms in total. The molecular formula is C51H45BN2S. The number of anilines is 5. The highest BCUT2D eigenvalue weighted by molar-refractivity contribution is 7.26. The van der Waals surface area contributed by atoms with Gasteiger partial charge in [0, 0.05) is 43.3 Å². The molecule has 0 N–H and O–H groups in total. The molecule has 3 heterocycles. The molecule has 268 valence electrons. The van der Waals surface area contributed by atoms with Gasteiger partial charge in [0.1, 0.15) is 0 Å². The largest absolute Gasteiger partial charge is 0.376 e. The zero-order valence-electron chi connectivity index (χ0n) is 32.7. The van der Waals surface area contributed by atoms with Crippen LogP contribution in [0.5, 0.6) is 0 Å². The van der Waals surface area contributed by atoms with Crippen molar-refractivity contribution < 1.29 is 0 Å². The summed E-state index contributed by atoms with van der Waals surface area (Å²) in [6, 6.07) is 55.2. The van der Waals surface area contributed by atoms with Crippen LogP contribution in [0, 0.1) is 6.92 Å². The van der Waals surface area contributed by atoms with Crippen LogP contribution in [-0.4, -0.2) is 6.85 Å². The van der Waals surface area contributed by atoms with Gasteiger partial charge in [-0.15, -0.1) is 11.3 Å². The van der Waals surface area contributed by atoms with Crippen molar-refractivity contribution in [1.82, 2.24) is 0 Å². The summed E-state index contributed by atoms with van der Waals surface area (Å²) < 4.78 is 2.65. The molecule has 7 aromatic carbocycles. The van der Waals surface area contributed by atoms with Crippen molar-refractivity contribution >= 4 is 77.7 Å². The van der Waals surface area contributed by atoms with Crippen molar-refractivity contribution in [2.75, 3.05) is 9.71 Å². The first-order valence-electron chi connectivity index (χ1n) is 19.6. The maximum atomic E-state index is 2.67. The van der Waals surface area contributed by atoms with E-state index in [0.717, 1.165) is 0 Å². The van der Waals surface area contributed by atoms with Crippen molar-refractivity contribution in [2.24, 2.45) is 0 Å². The molecule has 0 atom stereocenters. The molecule has 55 heavy (non-hydrogen) atoms. The van der Waals surface area contributed by atoms with Gasteiger partial charge in [0.25, 0.3) is 0 Å². The number of nitrogens with zero attached hydrogens (tertiary/aromatic N) is 2. The average Bonchev–Trinajstić information content (AvgIpc) is 3.56. The second-order valence-electron chi connectivity index (χ2n) is 17.5. The molecular weight excluding hydrogens is 683 g/mol. The molecule has 0 saturated carbocycles. The van der Waals surface area contributed by atoms with E-state index >= 15 is 0 Å². The molecule has 0 spiro atoms. The summed E-state index contributed by atoms with van der Waals surface area (Å²) in [5, 5.41) is 2.68. The Balaban J connectivity index is 1.36. The molecule has 4 heteroatoms. The standard InChI is InChI=1S/C51H45BN2S/c1-32-29-40-39-31-35(51(5,6)7)23-26-42(39)54(36-24-21-34(22-25-36)50(2,3)4)52-48(40)44(30-32)53(41-19-13-11-17-37(41)33-15-9-8-10-16-33)43-27-28-46-47(49(43)52)38-18-12-14-20-45(38)55-46/h8-31H,1-7H3. The summed E-state index contributed by atoms with van der Waals surface area (Å²) in [6.07, 6.45) is 0. The number of hydrogen-bond donors (Lipinski definition) is 0. The van der Waals surface area contributed by atoms with Gasteiger partial charge in [0.2, 0.25) is 0 Å². The van der Waals surface area contributed by atoms with Crippen LogP contribution >= 0.6 is 11.3 Å². The van der Waals surface area contributed by atoms with Crippen LogP contribution in [0.4, 0.5) is 28.4 Å². The van der Waals surface area contributed by atoms with Gasteiger partial charge in [-0.1, -0.05) is 133 Å². The summed E-state index contributed by atoms with van der Waals surface area (Å²) in [5.74, 6) is 0. The van der Waals surface area contributed by atoms with Crippen LogP contribution in [0.3, 0.4) is 0 Å². The average molecular weight is 729 g/mol. The fraction of sp³-hybridized carbons (Fsp3) is 0.176. The molecule has 0 unspecified atom stereocenters. The molecule has 0 bridgehead atoms. The SMILES string of the molecule is Cc1cc2c3c(c1)N(c1ccccc1-c1ccccc1)c1ccc4sc5ccccc5c4c1B3N(c1ccc(C(C)(C)C)cc1)c1ccc(C(C)(C)C)cc1-2. The van der Waals surface area contributed by atoms with Gasteiger partial charge in [0.05, 0.1) is 5.69 Å². The first-order chi connectivity index (χ1) is 26.5. The number of aryl methyl sites for hydroxylation is 1. The number of thiophene rings is 1. The Morgan fingerprint density at radius 2 is 1.16 bits per heavy atom. The van der Waals surface area contributed by atoms with Crippen molar-refractivity contribution in [1.29, 1.82) is 0 Å². The predicted octanol–water partition coefficient (Wildman–Crippen LogP) is 13.3. The van der Waals surface area contributed by atoms with Gasteiger partial charge in [-0.25, -0.2) is 0 Å². The number of rotatable bonds is 3. The lowest BCUT2D eigenvalue weighted by molar-refractivity contribution is 0.590. The lowest BCUT2D eigenvalue weighted by atomic mass is 9.42. The number of fused-ring (bicyclic) bond motifs is 8. The maximum absolute atomic E-state index is 2.67. The van der Waals surface area contributed by atoms with Gasteiger partial charge >= 0.3 is 6.85 Å². The van der Waals surface area contributed by atoms with E-state index in [-0.39, 0.29) is 17.7 Å². The topological polar surface area (TPSA) is 6.48 Å². The molecule has 1 aromatic heterocycles. The number of para-hydroxylation sites is 1. The van der Waals surface area contributed by atoms with E-state index in [1.54, 1.807) is 0 Å². The van der Waals surface area contributed by atoms with E-state index in [1.807, 2.05) is 11.3 Å². The molecule has 0 amide bonds. The van der Waals surface area contributed by atoms with E-state index in [2.05, 4.69) is 204 Å². The van der Waals surface area contributed by atoms with Crippen molar-refractivity contribution in [3.8, 4) is 22.3 Å². The predicted molar refractivity (Wildman–Crippen MR) is 241 cm³/mol. The smallest absolute Gasteiger partial charge is 0.333 e. The van der Waals surface area contributed by atoms with Crippen LogP contribution in [0.2, 0.25) is 0 Å². The Bertz CT molecular complexity index is 2800. The molecule has 0 saturated heterocycles. The Hall–Kier alpha value is -5.58. The minimum Gasteiger partial charge on any atom is -0.376 e. The fourth-order valence-corrected chi connectivity index (χ4v) is 10.2. The third-order valence-electron chi connectivity index (χ3n) is 11.8. The van der Waals surface area contributed by atoms with Gasteiger partial charge in [-0.3, -0.25) is 0 Å². The molecule has 10 rings (SSSR count). The van der Waals surface area contributed by atoms with Crippen molar-refractivity contribution in [3.05, 3.63) is 162 Å². The van der Waals surface area contributed by atoms with E-state index < -0.39 is 0 Å². The van der Waals surface area contributed by atoms with Gasteiger partial charge in [-0.05, 0) is 122 Å². The quantitative estimate of drug-likeness (QED) is 0.167. The Kier molecular flexibility index (Phi) is 7.54. The second-order valence-corrected chi connectivity index (χ2v) is 18.6. The van der Waals surface area contributed by atoms with E-state index in [1.165, 1.54) is 98.5 Å². The zero-order valence-corrected chi connectivity index (χ0v) is 33.6. The molecule has 0 fully saturated rings. The summed E-state index contributed by atoms with van der Waals surface area (Å²) in [6.45, 7) is 16.1. The van der Waals surface area contributed by atoms with Crippen molar-refractivity contribution in [3.63, 3.8) is 0 Å². The van der Waals surface area contributed by atoms with Crippen LogP contribution in [0.15, 0.2) is 146 Å². The molecule has 2 aliphatic rings. The van der Waals surface area contributed by atoms with E-state index in [4.69, 9.17) is 0 Å². The monoisotopic (exact) mass is 728 g/mol. The number of benzene rings is 7. The Morgan fingerprint density at radius 3 is 1.93 bits per heavy atom. The Labute approximate surface area is 329 Å². The second kappa shape index (κ2) is 12.2. The highest BCUT2D eigenvalue weighted by atomic mass is 32.1. The highest BCUT2D eigenvalue weighted by Gasteiger charge is 2.47. The first-order valence-corrected chi connectivity index (χ1v) is 20.4. The minimum absolute atomic E-state index is 0.00394. The fourth-order valence-electron chi connectivity index (χ4n) is 9.08. The van der Waals surface area contributed by atoms with E-state index in [9.17, 15) is 0 Å². The number of hydrogen-bond acceptors (Lipinski definition) is 3. The van der Waals surface area contributed by atoms with E-state index in [0.29, 0.717) is 0 Å². The van der Waals surface area contributed by atoms with Gasteiger partial charge in [0.15, 0.2) is 0 Å². The third kappa shape index (κ3) is 5.29. The zero-order chi connectivity index (χ0) is 37.8. The van der Waals surface area contributed by atoms with Crippen LogP contribution in [0.25, 0.3) is 42.4 Å². The minimum atomic E-state index is -0.0593. The van der Waals surface area contributed by atoms with Gasteiger partial charge in [-0.2, -0.15) is 0 Å². The van der Waals surface area contributed by atoms with Crippen LogP contribution in [-0.2, 0) is 10.8 Å². The third-order valence-corrected chi connectivity index (χ3v) is 12.9. The lowest BCUT2D eigenvalue weighted by Gasteiger charge is -2.46. The highest BCUT2D eigenvalue weighted by Crippen LogP contribution is 2.51. The van der Waals surface area contributed by atoms with Crippen molar-refractivity contribution in [2.45, 2.75) is 59.3 Å². The maximum Gasteiger partial charge on any atom is 0.333 e. The molecule has 2 aliphatic heterocycles. The molecule has 0 aliphatic carbocycles. The summed E-state index contributed by atoms with van der Waals surface area (Å²) in [7, 11) is 0. The summed E-state index contributed by atoms with van der Waals surface area (Å²) in [5.41, 5.74) is 17.9. The first kappa shape index (κ1) is 34.0. The van der Waals surface area contributed by atoms with Crippen LogP contribution < -0.4 is 20.6 Å². The Morgan fingerprint density at radius 1 is 0.491 bits per heavy atom. The lowest BCUT2D eigenvalue weighted by Crippen LogP contribution is -2.61. The summed E-state index contributed by atoms with van der Waals surface area (Å²) >= 11 is 1.91. The normalized spacial score (nSPS) is 13.6. The van der Waals surface area contributed by atoms with Crippen LogP contribution in [0.1, 0.15) is 58.2 Å². The van der Waals surface area contributed by atoms with Gasteiger partial charge < -0.3 is 9.71 Å². The summed E-state index contributed by atoms with van der Waals surface area (Å²) in [4.78, 5) is 5.26. The molecule has 0 radical (unpaired) electrons. The molecule has 8 aromatic rings.